The minimum atomic E-state index is -1.17. The molecule has 2 aliphatic heterocycles. The Bertz CT molecular complexity index is 933. The number of phenolic OH excluding ortho intramolecular Hbond substituents is 2. The van der Waals surface area contributed by atoms with Gasteiger partial charge in [-0.1, -0.05) is 32.9 Å². The largest absolute Gasteiger partial charge is 0.508 e. The second-order valence-corrected chi connectivity index (χ2v) is 6.38. The molecule has 2 aliphatic rings. The van der Waals surface area contributed by atoms with Crippen molar-refractivity contribution in [3.05, 3.63) is 70.8 Å². The molecule has 2 aromatic carbocycles. The third-order valence-electron chi connectivity index (χ3n) is 4.76. The predicted molar refractivity (Wildman–Crippen MR) is 107 cm³/mol. The number of hydrogen-bond donors (Lipinski definition) is 2. The lowest BCUT2D eigenvalue weighted by Crippen LogP contribution is -2.33. The van der Waals surface area contributed by atoms with Crippen molar-refractivity contribution in [2.75, 3.05) is 0 Å². The van der Waals surface area contributed by atoms with Gasteiger partial charge < -0.3 is 19.7 Å². The standard InChI is InChI=1S/C21H18O5.C2H6/c1-3-4-5-15-12(2)20(24)26-21(15)16-8-6-13(22)10-18(16)25-19-11-14(23)7-9-17(19)21;1-2/h4-11,22-23H,3H2,1-2H3;1-2H3/b5-4-;. The first-order chi connectivity index (χ1) is 13.5. The van der Waals surface area contributed by atoms with E-state index < -0.39 is 11.6 Å². The molecular weight excluding hydrogens is 356 g/mol. The number of carbonyl (C=O) groups is 1. The van der Waals surface area contributed by atoms with Crippen LogP contribution in [0.4, 0.5) is 0 Å². The molecule has 0 saturated carbocycles. The van der Waals surface area contributed by atoms with Gasteiger partial charge in [-0.25, -0.2) is 4.79 Å². The number of aromatic hydroxyl groups is 2. The van der Waals surface area contributed by atoms with Crippen LogP contribution in [-0.4, -0.2) is 16.2 Å². The third-order valence-corrected chi connectivity index (χ3v) is 4.76. The van der Waals surface area contributed by atoms with Crippen molar-refractivity contribution in [2.24, 2.45) is 0 Å². The van der Waals surface area contributed by atoms with E-state index in [1.165, 1.54) is 24.3 Å². The van der Waals surface area contributed by atoms with Crippen LogP contribution in [0.2, 0.25) is 0 Å². The number of fused-ring (bicyclic) bond motifs is 4. The van der Waals surface area contributed by atoms with E-state index in [0.29, 0.717) is 28.2 Å². The summed E-state index contributed by atoms with van der Waals surface area (Å²) in [6, 6.07) is 9.44. The third kappa shape index (κ3) is 2.83. The van der Waals surface area contributed by atoms with Crippen molar-refractivity contribution < 1.29 is 24.5 Å². The van der Waals surface area contributed by atoms with Crippen molar-refractivity contribution in [1.82, 2.24) is 0 Å². The van der Waals surface area contributed by atoms with E-state index in [9.17, 15) is 15.0 Å². The molecule has 0 unspecified atom stereocenters. The monoisotopic (exact) mass is 380 g/mol. The average molecular weight is 380 g/mol. The van der Waals surface area contributed by atoms with Gasteiger partial charge in [-0.15, -0.1) is 0 Å². The molecule has 5 heteroatoms. The Kier molecular flexibility index (Phi) is 5.18. The van der Waals surface area contributed by atoms with Gasteiger partial charge in [-0.05, 0) is 37.6 Å². The molecule has 2 heterocycles. The number of phenols is 2. The molecule has 0 radical (unpaired) electrons. The molecule has 0 bridgehead atoms. The van der Waals surface area contributed by atoms with Gasteiger partial charge in [0.05, 0.1) is 0 Å². The molecule has 2 N–H and O–H groups in total. The molecule has 0 fully saturated rings. The maximum atomic E-state index is 12.5. The Morgan fingerprint density at radius 2 is 1.54 bits per heavy atom. The van der Waals surface area contributed by atoms with Crippen molar-refractivity contribution in [3.63, 3.8) is 0 Å². The summed E-state index contributed by atoms with van der Waals surface area (Å²) in [4.78, 5) is 12.5. The van der Waals surface area contributed by atoms with Crippen LogP contribution in [0.15, 0.2) is 59.7 Å². The molecule has 5 nitrogen and oxygen atoms in total. The van der Waals surface area contributed by atoms with Gasteiger partial charge in [0.2, 0.25) is 0 Å². The summed E-state index contributed by atoms with van der Waals surface area (Å²) in [6.07, 6.45) is 4.68. The lowest BCUT2D eigenvalue weighted by molar-refractivity contribution is -0.145. The highest BCUT2D eigenvalue weighted by molar-refractivity contribution is 5.95. The number of hydrogen-bond acceptors (Lipinski definition) is 5. The highest BCUT2D eigenvalue weighted by atomic mass is 16.6. The van der Waals surface area contributed by atoms with Gasteiger partial charge in [0.25, 0.3) is 0 Å². The first kappa shape index (κ1) is 19.5. The minimum absolute atomic E-state index is 0.0400. The summed E-state index contributed by atoms with van der Waals surface area (Å²) in [6.45, 7) is 7.75. The molecule has 0 aromatic heterocycles. The number of rotatable bonds is 2. The first-order valence-electron chi connectivity index (χ1n) is 9.43. The van der Waals surface area contributed by atoms with E-state index >= 15 is 0 Å². The lowest BCUT2D eigenvalue weighted by atomic mass is 9.77. The summed E-state index contributed by atoms with van der Waals surface area (Å²) in [5, 5.41) is 19.7. The zero-order valence-electron chi connectivity index (χ0n) is 16.4. The second kappa shape index (κ2) is 7.43. The smallest absolute Gasteiger partial charge is 0.335 e. The average Bonchev–Trinajstić information content (AvgIpc) is 2.92. The zero-order chi connectivity index (χ0) is 20.5. The van der Waals surface area contributed by atoms with E-state index in [1.54, 1.807) is 19.1 Å². The van der Waals surface area contributed by atoms with Crippen LogP contribution >= 0.6 is 0 Å². The summed E-state index contributed by atoms with van der Waals surface area (Å²) in [5.74, 6) is 0.443. The number of allylic oxidation sites excluding steroid dienone is 1. The highest BCUT2D eigenvalue weighted by Crippen LogP contribution is 2.57. The SMILES string of the molecule is CC.CC/C=C\C1=C(C)C(=O)OC12c1ccc(O)cc1Oc1cc(O)ccc12. The molecular formula is C23H24O5. The fourth-order valence-electron chi connectivity index (χ4n) is 3.56. The zero-order valence-corrected chi connectivity index (χ0v) is 16.4. The lowest BCUT2D eigenvalue weighted by Gasteiger charge is -2.37. The van der Waals surface area contributed by atoms with Crippen LogP contribution < -0.4 is 4.74 Å². The maximum absolute atomic E-state index is 12.5. The van der Waals surface area contributed by atoms with Crippen LogP contribution in [-0.2, 0) is 15.1 Å². The Morgan fingerprint density at radius 1 is 1.00 bits per heavy atom. The minimum Gasteiger partial charge on any atom is -0.508 e. The molecule has 2 aromatic rings. The summed E-state index contributed by atoms with van der Waals surface area (Å²) in [7, 11) is 0. The highest BCUT2D eigenvalue weighted by Gasteiger charge is 2.53. The van der Waals surface area contributed by atoms with Gasteiger partial charge in [0.1, 0.15) is 23.0 Å². The Balaban J connectivity index is 0.00000109. The van der Waals surface area contributed by atoms with Gasteiger partial charge in [-0.3, -0.25) is 0 Å². The molecule has 28 heavy (non-hydrogen) atoms. The van der Waals surface area contributed by atoms with E-state index in [2.05, 4.69) is 0 Å². The fraction of sp³-hybridized carbons (Fsp3) is 0.261. The number of esters is 1. The fourth-order valence-corrected chi connectivity index (χ4v) is 3.56. The van der Waals surface area contributed by atoms with Crippen molar-refractivity contribution in [1.29, 1.82) is 0 Å². The first-order valence-corrected chi connectivity index (χ1v) is 9.43. The van der Waals surface area contributed by atoms with E-state index in [4.69, 9.17) is 9.47 Å². The van der Waals surface area contributed by atoms with E-state index in [-0.39, 0.29) is 11.5 Å². The van der Waals surface area contributed by atoms with Crippen molar-refractivity contribution in [3.8, 4) is 23.0 Å². The van der Waals surface area contributed by atoms with Crippen LogP contribution in [0.3, 0.4) is 0 Å². The Labute approximate surface area is 164 Å². The second-order valence-electron chi connectivity index (χ2n) is 6.38. The summed E-state index contributed by atoms with van der Waals surface area (Å²) >= 11 is 0. The van der Waals surface area contributed by atoms with Gasteiger partial charge in [0, 0.05) is 34.4 Å². The molecule has 1 spiro atoms. The topological polar surface area (TPSA) is 76.0 Å². The molecule has 4 rings (SSSR count). The van der Waals surface area contributed by atoms with E-state index in [0.717, 1.165) is 12.0 Å². The van der Waals surface area contributed by atoms with E-state index in [1.807, 2.05) is 32.9 Å². The molecule has 146 valence electrons. The van der Waals surface area contributed by atoms with Crippen LogP contribution in [0.1, 0.15) is 45.2 Å². The molecule has 0 atom stereocenters. The Hall–Kier alpha value is -3.21. The van der Waals surface area contributed by atoms with Crippen LogP contribution in [0.5, 0.6) is 23.0 Å². The van der Waals surface area contributed by atoms with Gasteiger partial charge >= 0.3 is 5.97 Å². The molecule has 0 aliphatic carbocycles. The van der Waals surface area contributed by atoms with Crippen LogP contribution in [0, 0.1) is 0 Å². The number of ether oxygens (including phenoxy) is 2. The van der Waals surface area contributed by atoms with Gasteiger partial charge in [0.15, 0.2) is 5.60 Å². The van der Waals surface area contributed by atoms with Crippen molar-refractivity contribution in [2.45, 2.75) is 39.7 Å². The molecule has 0 saturated heterocycles. The van der Waals surface area contributed by atoms with Crippen molar-refractivity contribution >= 4 is 5.97 Å². The predicted octanol–water partition coefficient (Wildman–Crippen LogP) is 5.31. The summed E-state index contributed by atoms with van der Waals surface area (Å²) in [5.41, 5.74) is 1.35. The van der Waals surface area contributed by atoms with Crippen LogP contribution in [0.25, 0.3) is 0 Å². The number of carbonyl (C=O) groups excluding carboxylic acids is 1. The number of benzene rings is 2. The molecule has 0 amide bonds. The maximum Gasteiger partial charge on any atom is 0.335 e. The quantitative estimate of drug-likeness (QED) is 0.690. The van der Waals surface area contributed by atoms with Gasteiger partial charge in [-0.2, -0.15) is 0 Å². The summed E-state index contributed by atoms with van der Waals surface area (Å²) < 4.78 is 11.8. The Morgan fingerprint density at radius 3 is 2.04 bits per heavy atom. The normalized spacial score (nSPS) is 16.2.